The Bertz CT molecular complexity index is 725. The highest BCUT2D eigenvalue weighted by Gasteiger charge is 2.55. The van der Waals surface area contributed by atoms with E-state index in [-0.39, 0.29) is 23.6 Å². The maximum Gasteiger partial charge on any atom is 0.179 e. The fourth-order valence-electron chi connectivity index (χ4n) is 4.81. The van der Waals surface area contributed by atoms with Crippen LogP contribution in [0.4, 0.5) is 0 Å². The Morgan fingerprint density at radius 1 is 1.15 bits per heavy atom. The summed E-state index contributed by atoms with van der Waals surface area (Å²) >= 11 is 0. The third-order valence-electron chi connectivity index (χ3n) is 6.31. The second kappa shape index (κ2) is 7.20. The van der Waals surface area contributed by atoms with Gasteiger partial charge in [-0.3, -0.25) is 4.90 Å². The minimum atomic E-state index is -3.31. The molecule has 0 bridgehead atoms. The summed E-state index contributed by atoms with van der Waals surface area (Å²) in [6.07, 6.45) is 1.48. The van der Waals surface area contributed by atoms with Crippen molar-refractivity contribution in [3.05, 3.63) is 30.3 Å². The van der Waals surface area contributed by atoms with Gasteiger partial charge in [0.15, 0.2) is 9.84 Å². The average molecular weight is 381 g/mol. The third-order valence-corrected chi connectivity index (χ3v) is 8.02. The highest BCUT2D eigenvalue weighted by atomic mass is 32.2. The monoisotopic (exact) mass is 381 g/mol. The lowest BCUT2D eigenvalue weighted by atomic mass is 9.66. The van der Waals surface area contributed by atoms with Crippen LogP contribution in [-0.2, 0) is 19.3 Å². The predicted molar refractivity (Wildman–Crippen MR) is 96.7 cm³/mol. The second-order valence-electron chi connectivity index (χ2n) is 7.68. The number of rotatable bonds is 4. The molecule has 0 aromatic heterocycles. The van der Waals surface area contributed by atoms with Crippen LogP contribution in [0.3, 0.4) is 0 Å². The van der Waals surface area contributed by atoms with Gasteiger partial charge in [0.1, 0.15) is 0 Å². The van der Waals surface area contributed by atoms with E-state index in [2.05, 4.69) is 4.90 Å². The van der Waals surface area contributed by atoms with Crippen LogP contribution in [0.15, 0.2) is 35.2 Å². The molecule has 3 saturated heterocycles. The van der Waals surface area contributed by atoms with Crippen molar-refractivity contribution in [3.8, 4) is 0 Å². The van der Waals surface area contributed by atoms with Gasteiger partial charge in [-0.25, -0.2) is 8.42 Å². The lowest BCUT2D eigenvalue weighted by Gasteiger charge is -2.57. The highest BCUT2D eigenvalue weighted by molar-refractivity contribution is 7.91. The largest absolute Gasteiger partial charge is 0.389 e. The molecule has 0 aliphatic carbocycles. The van der Waals surface area contributed by atoms with Crippen LogP contribution in [0.25, 0.3) is 0 Å². The number of fused-ring (bicyclic) bond motifs is 3. The number of ether oxygens (including phenoxy) is 2. The topological polar surface area (TPSA) is 76.1 Å². The number of nitrogens with zero attached hydrogens (tertiary/aromatic N) is 1. The number of aliphatic hydroxyl groups is 1. The molecule has 4 atom stereocenters. The Kier molecular flexibility index (Phi) is 5.09. The van der Waals surface area contributed by atoms with Crippen LogP contribution in [-0.4, -0.2) is 75.3 Å². The maximum atomic E-state index is 12.7. The number of likely N-dealkylation sites (tertiary alicyclic amines) is 1. The molecule has 7 heteroatoms. The SMILES string of the molecule is O=S(=O)(CCN1C[C@H]2COCC[C@@]2(O)[C@@H]2COCC[C@@H]21)c1ccccc1. The molecule has 26 heavy (non-hydrogen) atoms. The summed E-state index contributed by atoms with van der Waals surface area (Å²) in [5.41, 5.74) is -0.752. The van der Waals surface area contributed by atoms with Gasteiger partial charge in [0.25, 0.3) is 0 Å². The highest BCUT2D eigenvalue weighted by Crippen LogP contribution is 2.44. The summed E-state index contributed by atoms with van der Waals surface area (Å²) in [5.74, 6) is 0.129. The van der Waals surface area contributed by atoms with E-state index in [1.165, 1.54) is 0 Å². The summed E-state index contributed by atoms with van der Waals surface area (Å²) in [4.78, 5) is 2.62. The van der Waals surface area contributed by atoms with Gasteiger partial charge >= 0.3 is 0 Å². The first-order valence-corrected chi connectivity index (χ1v) is 11.1. The molecule has 0 unspecified atom stereocenters. The minimum absolute atomic E-state index is 0.0126. The molecule has 6 nitrogen and oxygen atoms in total. The van der Waals surface area contributed by atoms with Gasteiger partial charge in [0.05, 0.1) is 29.5 Å². The number of hydrogen-bond donors (Lipinski definition) is 1. The molecule has 4 rings (SSSR count). The van der Waals surface area contributed by atoms with Crippen molar-refractivity contribution >= 4 is 9.84 Å². The zero-order chi connectivity index (χ0) is 18.2. The fraction of sp³-hybridized carbons (Fsp3) is 0.684. The number of benzene rings is 1. The summed E-state index contributed by atoms with van der Waals surface area (Å²) in [5, 5.41) is 11.3. The molecular weight excluding hydrogens is 354 g/mol. The molecule has 1 aromatic rings. The second-order valence-corrected chi connectivity index (χ2v) is 9.79. The first-order chi connectivity index (χ1) is 12.5. The van der Waals surface area contributed by atoms with E-state index < -0.39 is 15.4 Å². The van der Waals surface area contributed by atoms with Crippen molar-refractivity contribution in [1.82, 2.24) is 4.90 Å². The average Bonchev–Trinajstić information content (AvgIpc) is 2.67. The van der Waals surface area contributed by atoms with E-state index in [4.69, 9.17) is 9.47 Å². The molecule has 0 amide bonds. The van der Waals surface area contributed by atoms with Gasteiger partial charge in [-0.05, 0) is 18.6 Å². The van der Waals surface area contributed by atoms with Crippen molar-refractivity contribution in [2.45, 2.75) is 29.4 Å². The molecule has 1 N–H and O–H groups in total. The van der Waals surface area contributed by atoms with Gasteiger partial charge in [0, 0.05) is 50.6 Å². The van der Waals surface area contributed by atoms with E-state index in [0.29, 0.717) is 50.8 Å². The normalized spacial score (nSPS) is 35.5. The zero-order valence-electron chi connectivity index (χ0n) is 14.9. The lowest BCUT2D eigenvalue weighted by molar-refractivity contribution is -0.219. The zero-order valence-corrected chi connectivity index (χ0v) is 15.7. The summed E-state index contributed by atoms with van der Waals surface area (Å²) in [6.45, 7) is 3.48. The number of hydrogen-bond acceptors (Lipinski definition) is 6. The van der Waals surface area contributed by atoms with Crippen molar-refractivity contribution in [3.63, 3.8) is 0 Å². The molecule has 0 saturated carbocycles. The van der Waals surface area contributed by atoms with E-state index in [1.807, 2.05) is 6.07 Å². The molecule has 0 spiro atoms. The number of sulfone groups is 1. The smallest absolute Gasteiger partial charge is 0.179 e. The molecule has 3 aliphatic heterocycles. The maximum absolute atomic E-state index is 12.7. The minimum Gasteiger partial charge on any atom is -0.389 e. The molecule has 144 valence electrons. The van der Waals surface area contributed by atoms with Gasteiger partial charge in [0.2, 0.25) is 0 Å². The van der Waals surface area contributed by atoms with Crippen molar-refractivity contribution in [2.75, 3.05) is 45.3 Å². The molecule has 3 fully saturated rings. The van der Waals surface area contributed by atoms with Crippen molar-refractivity contribution in [2.24, 2.45) is 11.8 Å². The van der Waals surface area contributed by atoms with Gasteiger partial charge in [-0.1, -0.05) is 18.2 Å². The number of piperidine rings is 1. The van der Waals surface area contributed by atoms with E-state index in [0.717, 1.165) is 6.42 Å². The first kappa shape index (κ1) is 18.4. The quantitative estimate of drug-likeness (QED) is 0.837. The molecule has 0 radical (unpaired) electrons. The molecule has 1 aromatic carbocycles. The van der Waals surface area contributed by atoms with Crippen LogP contribution in [0, 0.1) is 11.8 Å². The van der Waals surface area contributed by atoms with Crippen molar-refractivity contribution < 1.29 is 23.0 Å². The summed E-state index contributed by atoms with van der Waals surface area (Å²) in [7, 11) is -3.31. The standard InChI is InChI=1S/C19H27NO5S/c21-19-7-10-25-13-15(19)12-20(18-6-9-24-14-17(18)19)8-11-26(22,23)16-4-2-1-3-5-16/h1-5,15,17-18,21H,6-14H2/t15-,17+,18-,19-/m0/s1. The van der Waals surface area contributed by atoms with Crippen LogP contribution < -0.4 is 0 Å². The Hall–Kier alpha value is -0.990. The van der Waals surface area contributed by atoms with Crippen molar-refractivity contribution in [1.29, 1.82) is 0 Å². The van der Waals surface area contributed by atoms with Crippen LogP contribution in [0.1, 0.15) is 12.8 Å². The Balaban J connectivity index is 1.51. The van der Waals surface area contributed by atoms with E-state index >= 15 is 0 Å². The lowest BCUT2D eigenvalue weighted by Crippen LogP contribution is -2.68. The Morgan fingerprint density at radius 2 is 1.92 bits per heavy atom. The fourth-order valence-corrected chi connectivity index (χ4v) is 6.09. The van der Waals surface area contributed by atoms with Crippen LogP contribution in [0.2, 0.25) is 0 Å². The predicted octanol–water partition coefficient (Wildman–Crippen LogP) is 0.949. The van der Waals surface area contributed by atoms with E-state index in [9.17, 15) is 13.5 Å². The van der Waals surface area contributed by atoms with Gasteiger partial charge in [-0.15, -0.1) is 0 Å². The Labute approximate surface area is 155 Å². The van der Waals surface area contributed by atoms with Gasteiger partial charge in [-0.2, -0.15) is 0 Å². The molecule has 3 heterocycles. The Morgan fingerprint density at radius 3 is 2.73 bits per heavy atom. The summed E-state index contributed by atoms with van der Waals surface area (Å²) in [6, 6.07) is 8.80. The van der Waals surface area contributed by atoms with Gasteiger partial charge < -0.3 is 14.6 Å². The third kappa shape index (κ3) is 3.31. The van der Waals surface area contributed by atoms with Crippen LogP contribution in [0.5, 0.6) is 0 Å². The van der Waals surface area contributed by atoms with Crippen LogP contribution >= 0.6 is 0 Å². The first-order valence-electron chi connectivity index (χ1n) is 9.40. The molecule has 3 aliphatic rings. The summed E-state index contributed by atoms with van der Waals surface area (Å²) < 4.78 is 36.6. The molecular formula is C19H27NO5S. The van der Waals surface area contributed by atoms with E-state index in [1.54, 1.807) is 24.3 Å².